The lowest BCUT2D eigenvalue weighted by Crippen LogP contribution is -2.31. The fourth-order valence-electron chi connectivity index (χ4n) is 0.368. The lowest BCUT2D eigenvalue weighted by atomic mass is 10.6. The van der Waals surface area contributed by atoms with Crippen molar-refractivity contribution in [3.63, 3.8) is 0 Å². The van der Waals surface area contributed by atoms with Crippen LogP contribution in [-0.2, 0) is 4.79 Å². The fraction of sp³-hybridized carbons (Fsp3) is 0.750. The summed E-state index contributed by atoms with van der Waals surface area (Å²) in [5.41, 5.74) is 0. The maximum atomic E-state index is 10.4. The number of hydrogen-bond donors (Lipinski definition) is 2. The van der Waals surface area contributed by atoms with Crippen molar-refractivity contribution in [2.45, 2.75) is 0 Å². The lowest BCUT2D eigenvalue weighted by Gasteiger charge is -1.96. The quantitative estimate of drug-likeness (QED) is 0.328. The maximum absolute atomic E-state index is 10.4. The van der Waals surface area contributed by atoms with Gasteiger partial charge < -0.3 is 5.32 Å². The third-order valence-electron chi connectivity index (χ3n) is 0.707. The van der Waals surface area contributed by atoms with E-state index >= 15 is 0 Å². The van der Waals surface area contributed by atoms with Crippen molar-refractivity contribution < 1.29 is 9.72 Å². The monoisotopic (exact) mass is 164 g/mol. The molecule has 0 atom stereocenters. The van der Waals surface area contributed by atoms with Crippen molar-refractivity contribution in [3.8, 4) is 0 Å². The van der Waals surface area contributed by atoms with Gasteiger partial charge in [-0.2, -0.15) is 12.6 Å². The molecule has 1 amide bonds. The zero-order valence-corrected chi connectivity index (χ0v) is 6.13. The van der Waals surface area contributed by atoms with Gasteiger partial charge in [0.15, 0.2) is 0 Å². The lowest BCUT2D eigenvalue weighted by molar-refractivity contribution is -0.467. The third-order valence-corrected chi connectivity index (χ3v) is 0.930. The first-order valence-electron chi connectivity index (χ1n) is 2.66. The van der Waals surface area contributed by atoms with Crippen LogP contribution >= 0.6 is 12.6 Å². The number of nitrogens with zero attached hydrogens (tertiary/aromatic N) is 1. The van der Waals surface area contributed by atoms with Gasteiger partial charge in [-0.05, 0) is 0 Å². The van der Waals surface area contributed by atoms with Gasteiger partial charge in [-0.15, -0.1) is 0 Å². The van der Waals surface area contributed by atoms with Gasteiger partial charge in [0.25, 0.3) is 12.5 Å². The molecule has 0 fully saturated rings. The summed E-state index contributed by atoms with van der Waals surface area (Å²) in [6, 6.07) is 0. The maximum Gasteiger partial charge on any atom is 0.291 e. The second kappa shape index (κ2) is 5.04. The molecule has 0 aliphatic rings. The minimum absolute atomic E-state index is 0.371. The summed E-state index contributed by atoms with van der Waals surface area (Å²) in [7, 11) is 0. The number of nitro groups is 1. The summed E-state index contributed by atoms with van der Waals surface area (Å²) in [6.07, 6.45) is 0. The molecule has 0 saturated carbocycles. The van der Waals surface area contributed by atoms with Crippen molar-refractivity contribution in [2.24, 2.45) is 0 Å². The predicted molar refractivity (Wildman–Crippen MR) is 38.7 cm³/mol. The van der Waals surface area contributed by atoms with Gasteiger partial charge in [-0.1, -0.05) is 0 Å². The highest BCUT2D eigenvalue weighted by atomic mass is 32.1. The van der Waals surface area contributed by atoms with Gasteiger partial charge in [-0.25, -0.2) is 0 Å². The molecule has 0 unspecified atom stereocenters. The molecule has 58 valence electrons. The molecule has 0 radical (unpaired) electrons. The van der Waals surface area contributed by atoms with Gasteiger partial charge in [0.1, 0.15) is 0 Å². The van der Waals surface area contributed by atoms with Crippen LogP contribution in [-0.4, -0.2) is 29.7 Å². The molecule has 0 aromatic carbocycles. The molecular formula is C4H8N2O3S. The van der Waals surface area contributed by atoms with E-state index in [2.05, 4.69) is 17.9 Å². The Labute approximate surface area is 63.4 Å². The van der Waals surface area contributed by atoms with E-state index in [-0.39, 0.29) is 0 Å². The van der Waals surface area contributed by atoms with Gasteiger partial charge in [-0.3, -0.25) is 14.9 Å². The molecule has 10 heavy (non-hydrogen) atoms. The van der Waals surface area contributed by atoms with Crippen LogP contribution in [0.5, 0.6) is 0 Å². The number of amides is 1. The Balaban J connectivity index is 3.35. The number of thiol groups is 1. The number of carbonyl (C=O) groups excluding carboxylic acids is 1. The van der Waals surface area contributed by atoms with Crippen LogP contribution in [0.4, 0.5) is 0 Å². The minimum atomic E-state index is -0.673. The van der Waals surface area contributed by atoms with Crippen molar-refractivity contribution >= 4 is 18.5 Å². The van der Waals surface area contributed by atoms with Crippen molar-refractivity contribution in [1.29, 1.82) is 0 Å². The smallest absolute Gasteiger partial charge is 0.291 e. The fourth-order valence-corrected chi connectivity index (χ4v) is 0.480. The zero-order valence-electron chi connectivity index (χ0n) is 5.24. The third kappa shape index (κ3) is 5.36. The molecule has 1 N–H and O–H groups in total. The summed E-state index contributed by atoms with van der Waals surface area (Å²) in [5.74, 6) is -0.0808. The topological polar surface area (TPSA) is 72.2 Å². The summed E-state index contributed by atoms with van der Waals surface area (Å²) < 4.78 is 0. The molecule has 0 saturated heterocycles. The first-order chi connectivity index (χ1) is 4.66. The molecule has 0 rings (SSSR count). The normalized spacial score (nSPS) is 8.90. The average molecular weight is 164 g/mol. The highest BCUT2D eigenvalue weighted by molar-refractivity contribution is 7.80. The van der Waals surface area contributed by atoms with Crippen LogP contribution in [0.1, 0.15) is 0 Å². The van der Waals surface area contributed by atoms with E-state index < -0.39 is 17.4 Å². The molecule has 0 aliphatic heterocycles. The van der Waals surface area contributed by atoms with Crippen molar-refractivity contribution in [2.75, 3.05) is 18.8 Å². The van der Waals surface area contributed by atoms with Crippen molar-refractivity contribution in [3.05, 3.63) is 10.1 Å². The van der Waals surface area contributed by atoms with Gasteiger partial charge in [0, 0.05) is 17.2 Å². The number of rotatable bonds is 4. The first-order valence-corrected chi connectivity index (χ1v) is 3.29. The van der Waals surface area contributed by atoms with E-state index in [1.54, 1.807) is 0 Å². The van der Waals surface area contributed by atoms with Crippen LogP contribution in [0.25, 0.3) is 0 Å². The van der Waals surface area contributed by atoms with E-state index in [0.29, 0.717) is 12.3 Å². The molecular weight excluding hydrogens is 156 g/mol. The predicted octanol–water partition coefficient (Wildman–Crippen LogP) is -0.691. The van der Waals surface area contributed by atoms with E-state index in [1.807, 2.05) is 0 Å². The Morgan fingerprint density at radius 3 is 2.70 bits per heavy atom. The Hall–Kier alpha value is -0.780. The second-order valence-corrected chi connectivity index (χ2v) is 2.01. The van der Waals surface area contributed by atoms with Crippen LogP contribution < -0.4 is 5.32 Å². The molecule has 0 aliphatic carbocycles. The first kappa shape index (κ1) is 9.22. The Morgan fingerprint density at radius 2 is 2.30 bits per heavy atom. The van der Waals surface area contributed by atoms with Crippen LogP contribution in [0.2, 0.25) is 0 Å². The van der Waals surface area contributed by atoms with E-state index in [1.165, 1.54) is 0 Å². The average Bonchev–Trinajstić information content (AvgIpc) is 1.82. The van der Waals surface area contributed by atoms with Crippen LogP contribution in [0.15, 0.2) is 0 Å². The Morgan fingerprint density at radius 1 is 1.70 bits per heavy atom. The van der Waals surface area contributed by atoms with Gasteiger partial charge in [0.05, 0.1) is 0 Å². The summed E-state index contributed by atoms with van der Waals surface area (Å²) in [4.78, 5) is 19.5. The molecule has 0 bridgehead atoms. The zero-order chi connectivity index (χ0) is 7.98. The number of carbonyl (C=O) groups is 1. The summed E-state index contributed by atoms with van der Waals surface area (Å²) >= 11 is 3.80. The van der Waals surface area contributed by atoms with E-state index in [9.17, 15) is 14.9 Å². The molecule has 0 aromatic rings. The molecule has 6 heteroatoms. The van der Waals surface area contributed by atoms with Crippen LogP contribution in [0, 0.1) is 10.1 Å². The van der Waals surface area contributed by atoms with Gasteiger partial charge in [0.2, 0.25) is 0 Å². The summed E-state index contributed by atoms with van der Waals surface area (Å²) in [6.45, 7) is -0.288. The standard InChI is InChI=1S/C4H8N2O3S/c7-4(3-6(8)9)5-1-2-10/h10H,1-3H2,(H,5,7). The Kier molecular flexibility index (Phi) is 4.65. The number of nitrogens with one attached hydrogen (secondary N) is 1. The summed E-state index contributed by atoms with van der Waals surface area (Å²) in [5, 5.41) is 12.0. The van der Waals surface area contributed by atoms with E-state index in [0.717, 1.165) is 0 Å². The largest absolute Gasteiger partial charge is 0.350 e. The SMILES string of the molecule is O=C(C[N+](=O)[O-])NCCS. The number of hydrogen-bond acceptors (Lipinski definition) is 4. The highest BCUT2D eigenvalue weighted by Crippen LogP contribution is 1.72. The molecule has 0 heterocycles. The van der Waals surface area contributed by atoms with Gasteiger partial charge >= 0.3 is 0 Å². The second-order valence-electron chi connectivity index (χ2n) is 1.56. The van der Waals surface area contributed by atoms with Crippen LogP contribution in [0.3, 0.4) is 0 Å². The van der Waals surface area contributed by atoms with E-state index in [4.69, 9.17) is 0 Å². The Bertz CT molecular complexity index is 138. The highest BCUT2D eigenvalue weighted by Gasteiger charge is 2.06. The minimum Gasteiger partial charge on any atom is -0.350 e. The van der Waals surface area contributed by atoms with Crippen molar-refractivity contribution in [1.82, 2.24) is 5.32 Å². The molecule has 5 nitrogen and oxygen atoms in total. The molecule has 0 aromatic heterocycles. The molecule has 0 spiro atoms.